The molecule has 98 valence electrons. The van der Waals surface area contributed by atoms with Crippen LogP contribution >= 0.6 is 15.9 Å². The lowest BCUT2D eigenvalue weighted by atomic mass is 9.98. The average Bonchev–Trinajstić information content (AvgIpc) is 2.51. The van der Waals surface area contributed by atoms with Crippen LogP contribution < -0.4 is 0 Å². The van der Waals surface area contributed by atoms with Gasteiger partial charge in [-0.1, -0.05) is 76.6 Å². The maximum absolute atomic E-state index is 14.8. The molecule has 0 aliphatic carbocycles. The lowest BCUT2D eigenvalue weighted by Gasteiger charge is -2.10. The van der Waals surface area contributed by atoms with Crippen LogP contribution in [0.15, 0.2) is 77.3 Å². The van der Waals surface area contributed by atoms with Gasteiger partial charge in [-0.2, -0.15) is 0 Å². The summed E-state index contributed by atoms with van der Waals surface area (Å²) >= 11 is 3.48. The highest BCUT2D eigenvalue weighted by Crippen LogP contribution is 2.34. The van der Waals surface area contributed by atoms with E-state index in [2.05, 4.69) is 15.9 Å². The molecule has 0 fully saturated rings. The van der Waals surface area contributed by atoms with Gasteiger partial charge in [0.05, 0.1) is 0 Å². The predicted molar refractivity (Wildman–Crippen MR) is 85.0 cm³/mol. The van der Waals surface area contributed by atoms with Crippen molar-refractivity contribution in [2.45, 2.75) is 0 Å². The fourth-order valence-electron chi connectivity index (χ4n) is 2.24. The Kier molecular flexibility index (Phi) is 3.66. The molecule has 0 radical (unpaired) electrons. The zero-order valence-corrected chi connectivity index (χ0v) is 12.3. The maximum atomic E-state index is 14.8. The second-order valence-electron chi connectivity index (χ2n) is 4.55. The summed E-state index contributed by atoms with van der Waals surface area (Å²) in [6, 6.07) is 22.8. The summed E-state index contributed by atoms with van der Waals surface area (Å²) in [6.45, 7) is 0. The molecule has 0 bridgehead atoms. The van der Waals surface area contributed by atoms with Crippen molar-refractivity contribution in [3.63, 3.8) is 0 Å². The van der Waals surface area contributed by atoms with Crippen LogP contribution in [-0.4, -0.2) is 0 Å². The highest BCUT2D eigenvalue weighted by molar-refractivity contribution is 9.10. The first-order valence-corrected chi connectivity index (χ1v) is 7.15. The minimum absolute atomic E-state index is 0.189. The topological polar surface area (TPSA) is 0 Å². The van der Waals surface area contributed by atoms with E-state index in [4.69, 9.17) is 0 Å². The van der Waals surface area contributed by atoms with Gasteiger partial charge in [0.1, 0.15) is 5.82 Å². The molecule has 0 nitrogen and oxygen atoms in total. The smallest absolute Gasteiger partial charge is 0.138 e. The molecule has 20 heavy (non-hydrogen) atoms. The zero-order valence-electron chi connectivity index (χ0n) is 10.7. The van der Waals surface area contributed by atoms with Gasteiger partial charge < -0.3 is 0 Å². The van der Waals surface area contributed by atoms with Crippen LogP contribution in [-0.2, 0) is 0 Å². The van der Waals surface area contributed by atoms with E-state index >= 15 is 0 Å². The highest BCUT2D eigenvalue weighted by Gasteiger charge is 2.13. The van der Waals surface area contributed by atoms with Crippen molar-refractivity contribution in [2.24, 2.45) is 0 Å². The largest absolute Gasteiger partial charge is 0.206 e. The van der Waals surface area contributed by atoms with Crippen LogP contribution in [0.5, 0.6) is 0 Å². The van der Waals surface area contributed by atoms with E-state index in [-0.39, 0.29) is 5.82 Å². The third-order valence-electron chi connectivity index (χ3n) is 3.21. The normalized spacial score (nSPS) is 10.5. The van der Waals surface area contributed by atoms with Crippen molar-refractivity contribution in [3.05, 3.63) is 83.1 Å². The SMILES string of the molecule is Fc1c(-c2ccccc2)cc(Br)cc1-c1ccccc1. The number of hydrogen-bond donors (Lipinski definition) is 0. The number of rotatable bonds is 2. The molecule has 3 rings (SSSR count). The first-order valence-electron chi connectivity index (χ1n) is 6.35. The molecule has 0 unspecified atom stereocenters. The predicted octanol–water partition coefficient (Wildman–Crippen LogP) is 5.92. The van der Waals surface area contributed by atoms with Crippen LogP contribution in [0.25, 0.3) is 22.3 Å². The summed E-state index contributed by atoms with van der Waals surface area (Å²) in [7, 11) is 0. The van der Waals surface area contributed by atoms with E-state index in [1.807, 2.05) is 72.8 Å². The van der Waals surface area contributed by atoms with E-state index in [1.165, 1.54) is 0 Å². The van der Waals surface area contributed by atoms with Crippen molar-refractivity contribution >= 4 is 15.9 Å². The first-order chi connectivity index (χ1) is 9.75. The fraction of sp³-hybridized carbons (Fsp3) is 0. The first kappa shape index (κ1) is 13.1. The average molecular weight is 327 g/mol. The molecule has 0 amide bonds. The van der Waals surface area contributed by atoms with Gasteiger partial charge in [0.2, 0.25) is 0 Å². The van der Waals surface area contributed by atoms with Gasteiger partial charge in [0, 0.05) is 15.6 Å². The van der Waals surface area contributed by atoms with Crippen LogP contribution in [0.4, 0.5) is 4.39 Å². The van der Waals surface area contributed by atoms with E-state index in [0.717, 1.165) is 15.6 Å². The van der Waals surface area contributed by atoms with Gasteiger partial charge in [0.25, 0.3) is 0 Å². The second kappa shape index (κ2) is 5.59. The Bertz CT molecular complexity index is 660. The molecule has 0 saturated carbocycles. The molecule has 3 aromatic rings. The molecule has 2 heteroatoms. The molecule has 0 atom stereocenters. The Balaban J connectivity index is 2.22. The molecule has 0 aliphatic rings. The van der Waals surface area contributed by atoms with Gasteiger partial charge >= 0.3 is 0 Å². The summed E-state index contributed by atoms with van der Waals surface area (Å²) in [5.74, 6) is -0.189. The molecule has 0 aromatic heterocycles. The highest BCUT2D eigenvalue weighted by atomic mass is 79.9. The van der Waals surface area contributed by atoms with E-state index in [1.54, 1.807) is 0 Å². The van der Waals surface area contributed by atoms with E-state index in [0.29, 0.717) is 11.1 Å². The second-order valence-corrected chi connectivity index (χ2v) is 5.46. The third-order valence-corrected chi connectivity index (χ3v) is 3.66. The molecular formula is C18H12BrF. The number of halogens is 2. The maximum Gasteiger partial charge on any atom is 0.138 e. The van der Waals surface area contributed by atoms with Crippen molar-refractivity contribution < 1.29 is 4.39 Å². The van der Waals surface area contributed by atoms with E-state index in [9.17, 15) is 4.39 Å². The standard InChI is InChI=1S/C18H12BrF/c19-15-11-16(13-7-3-1-4-8-13)18(20)17(12-15)14-9-5-2-6-10-14/h1-12H. The summed E-state index contributed by atoms with van der Waals surface area (Å²) in [5, 5.41) is 0. The molecule has 0 saturated heterocycles. The molecule has 3 aromatic carbocycles. The van der Waals surface area contributed by atoms with Gasteiger partial charge in [0.15, 0.2) is 0 Å². The number of hydrogen-bond acceptors (Lipinski definition) is 0. The van der Waals surface area contributed by atoms with Crippen LogP contribution in [0.3, 0.4) is 0 Å². The Morgan fingerprint density at radius 1 is 0.650 bits per heavy atom. The molecule has 0 N–H and O–H groups in total. The van der Waals surface area contributed by atoms with Crippen LogP contribution in [0.1, 0.15) is 0 Å². The van der Waals surface area contributed by atoms with Gasteiger partial charge in [-0.15, -0.1) is 0 Å². The Morgan fingerprint density at radius 2 is 1.05 bits per heavy atom. The molecule has 0 aliphatic heterocycles. The van der Waals surface area contributed by atoms with Crippen molar-refractivity contribution in [2.75, 3.05) is 0 Å². The minimum Gasteiger partial charge on any atom is -0.206 e. The van der Waals surface area contributed by atoms with Crippen molar-refractivity contribution in [1.29, 1.82) is 0 Å². The van der Waals surface area contributed by atoms with Gasteiger partial charge in [-0.05, 0) is 23.3 Å². The van der Waals surface area contributed by atoms with Gasteiger partial charge in [-0.3, -0.25) is 0 Å². The summed E-state index contributed by atoms with van der Waals surface area (Å²) in [4.78, 5) is 0. The third kappa shape index (κ3) is 2.52. The minimum atomic E-state index is -0.189. The number of benzene rings is 3. The molecule has 0 spiro atoms. The quantitative estimate of drug-likeness (QED) is 0.548. The zero-order chi connectivity index (χ0) is 13.9. The molecular weight excluding hydrogens is 315 g/mol. The lowest BCUT2D eigenvalue weighted by molar-refractivity contribution is 0.634. The summed E-state index contributed by atoms with van der Waals surface area (Å²) in [5.41, 5.74) is 2.98. The van der Waals surface area contributed by atoms with Crippen LogP contribution in [0.2, 0.25) is 0 Å². The monoisotopic (exact) mass is 326 g/mol. The molecule has 0 heterocycles. The Hall–Kier alpha value is -1.93. The van der Waals surface area contributed by atoms with E-state index < -0.39 is 0 Å². The van der Waals surface area contributed by atoms with Crippen molar-refractivity contribution in [3.8, 4) is 22.3 Å². The van der Waals surface area contributed by atoms with Crippen molar-refractivity contribution in [1.82, 2.24) is 0 Å². The summed E-state index contributed by atoms with van der Waals surface area (Å²) < 4.78 is 15.7. The Labute approximate surface area is 126 Å². The van der Waals surface area contributed by atoms with Gasteiger partial charge in [-0.25, -0.2) is 4.39 Å². The summed E-state index contributed by atoms with van der Waals surface area (Å²) in [6.07, 6.45) is 0. The fourth-order valence-corrected chi connectivity index (χ4v) is 2.70. The Morgan fingerprint density at radius 3 is 1.45 bits per heavy atom. The lowest BCUT2D eigenvalue weighted by Crippen LogP contribution is -1.90. The van der Waals surface area contributed by atoms with Crippen LogP contribution in [0, 0.1) is 5.82 Å².